The first-order valence-electron chi connectivity index (χ1n) is 7.26. The Bertz CT molecular complexity index is 704. The van der Waals surface area contributed by atoms with Crippen LogP contribution in [0.2, 0.25) is 0 Å². The van der Waals surface area contributed by atoms with Gasteiger partial charge in [0.15, 0.2) is 5.11 Å². The van der Waals surface area contributed by atoms with Crippen LogP contribution in [0.15, 0.2) is 54.6 Å². The average Bonchev–Trinajstić information content (AvgIpc) is 2.91. The number of aryl methyl sites for hydroxylation is 1. The van der Waals surface area contributed by atoms with Gasteiger partial charge in [0.1, 0.15) is 5.37 Å². The Kier molecular flexibility index (Phi) is 4.83. The molecule has 2 aromatic rings. The second-order valence-electron chi connectivity index (χ2n) is 5.27. The van der Waals surface area contributed by atoms with Gasteiger partial charge in [-0.1, -0.05) is 48.0 Å². The maximum Gasteiger partial charge on any atom is 0.252 e. The number of benzene rings is 2. The lowest BCUT2D eigenvalue weighted by atomic mass is 10.2. The SMILES string of the molecule is Cc1ccc(NC(=S)NN2C(=O)CSC2c2ccccc2)cc1. The Labute approximate surface area is 145 Å². The fraction of sp³-hybridized carbons (Fsp3) is 0.176. The first-order chi connectivity index (χ1) is 11.1. The molecule has 1 fully saturated rings. The minimum atomic E-state index is -0.0681. The number of carbonyl (C=O) groups is 1. The molecule has 118 valence electrons. The van der Waals surface area contributed by atoms with E-state index in [9.17, 15) is 4.79 Å². The molecular formula is C17H17N3OS2. The molecular weight excluding hydrogens is 326 g/mol. The van der Waals surface area contributed by atoms with Crippen molar-refractivity contribution in [1.29, 1.82) is 0 Å². The molecule has 1 heterocycles. The van der Waals surface area contributed by atoms with Gasteiger partial charge in [-0.05, 0) is 36.8 Å². The summed E-state index contributed by atoms with van der Waals surface area (Å²) in [6, 6.07) is 17.9. The van der Waals surface area contributed by atoms with E-state index in [2.05, 4.69) is 10.7 Å². The van der Waals surface area contributed by atoms with Gasteiger partial charge in [0.2, 0.25) is 0 Å². The van der Waals surface area contributed by atoms with Gasteiger partial charge in [-0.2, -0.15) is 0 Å². The third kappa shape index (κ3) is 3.83. The molecule has 1 aliphatic rings. The summed E-state index contributed by atoms with van der Waals surface area (Å²) < 4.78 is 0. The van der Waals surface area contributed by atoms with E-state index in [0.29, 0.717) is 10.9 Å². The topological polar surface area (TPSA) is 44.4 Å². The largest absolute Gasteiger partial charge is 0.331 e. The molecule has 1 atom stereocenters. The number of hydrazine groups is 1. The molecule has 2 N–H and O–H groups in total. The summed E-state index contributed by atoms with van der Waals surface area (Å²) in [6.45, 7) is 2.03. The van der Waals surface area contributed by atoms with Crippen LogP contribution in [0.4, 0.5) is 5.69 Å². The molecule has 23 heavy (non-hydrogen) atoms. The van der Waals surface area contributed by atoms with Crippen LogP contribution in [0.1, 0.15) is 16.5 Å². The third-order valence-corrected chi connectivity index (χ3v) is 4.89. The lowest BCUT2D eigenvalue weighted by molar-refractivity contribution is -0.129. The van der Waals surface area contributed by atoms with Crippen molar-refractivity contribution in [1.82, 2.24) is 10.4 Å². The Morgan fingerprint density at radius 1 is 1.17 bits per heavy atom. The van der Waals surface area contributed by atoms with E-state index < -0.39 is 0 Å². The standard InChI is InChI=1S/C17H17N3OS2/c1-12-7-9-14(10-8-12)18-17(22)19-20-15(21)11-23-16(20)13-5-3-2-4-6-13/h2-10,16H,11H2,1H3,(H2,18,19,22). The second-order valence-corrected chi connectivity index (χ2v) is 6.75. The fourth-order valence-corrected chi connectivity index (χ4v) is 3.64. The molecule has 0 radical (unpaired) electrons. The molecule has 1 amide bonds. The van der Waals surface area contributed by atoms with Crippen LogP contribution in [0.25, 0.3) is 0 Å². The van der Waals surface area contributed by atoms with Gasteiger partial charge in [-0.25, -0.2) is 5.01 Å². The van der Waals surface area contributed by atoms with Gasteiger partial charge in [0.25, 0.3) is 5.91 Å². The summed E-state index contributed by atoms with van der Waals surface area (Å²) in [4.78, 5) is 12.1. The number of nitrogens with one attached hydrogen (secondary N) is 2. The molecule has 0 spiro atoms. The summed E-state index contributed by atoms with van der Waals surface area (Å²) in [7, 11) is 0. The van der Waals surface area contributed by atoms with Crippen LogP contribution in [0.3, 0.4) is 0 Å². The molecule has 6 heteroatoms. The average molecular weight is 343 g/mol. The number of anilines is 1. The lowest BCUT2D eigenvalue weighted by Crippen LogP contribution is -2.46. The van der Waals surface area contributed by atoms with Crippen molar-refractivity contribution in [2.75, 3.05) is 11.1 Å². The van der Waals surface area contributed by atoms with Crippen molar-refractivity contribution in [2.24, 2.45) is 0 Å². The van der Waals surface area contributed by atoms with Crippen molar-refractivity contribution in [2.45, 2.75) is 12.3 Å². The van der Waals surface area contributed by atoms with Gasteiger partial charge in [-0.15, -0.1) is 11.8 Å². The van der Waals surface area contributed by atoms with Crippen molar-refractivity contribution in [3.05, 3.63) is 65.7 Å². The Morgan fingerprint density at radius 2 is 1.87 bits per heavy atom. The summed E-state index contributed by atoms with van der Waals surface area (Å²) in [6.07, 6.45) is 0. The number of amides is 1. The van der Waals surface area contributed by atoms with E-state index in [1.165, 1.54) is 5.56 Å². The van der Waals surface area contributed by atoms with E-state index in [4.69, 9.17) is 12.2 Å². The zero-order chi connectivity index (χ0) is 16.2. The normalized spacial score (nSPS) is 17.2. The number of nitrogens with zero attached hydrogens (tertiary/aromatic N) is 1. The predicted octanol–water partition coefficient (Wildman–Crippen LogP) is 3.47. The van der Waals surface area contributed by atoms with E-state index in [-0.39, 0.29) is 11.3 Å². The van der Waals surface area contributed by atoms with E-state index >= 15 is 0 Å². The van der Waals surface area contributed by atoms with Crippen molar-refractivity contribution in [3.8, 4) is 0 Å². The van der Waals surface area contributed by atoms with Crippen LogP contribution < -0.4 is 10.7 Å². The van der Waals surface area contributed by atoms with Crippen molar-refractivity contribution >= 4 is 40.7 Å². The van der Waals surface area contributed by atoms with E-state index in [1.54, 1.807) is 16.8 Å². The minimum absolute atomic E-state index is 0.0249. The molecule has 1 unspecified atom stereocenters. The maximum absolute atomic E-state index is 12.1. The number of hydrogen-bond donors (Lipinski definition) is 2. The van der Waals surface area contributed by atoms with Gasteiger partial charge in [0.05, 0.1) is 5.75 Å². The second kappa shape index (κ2) is 7.02. The number of thiocarbonyl (C=S) groups is 1. The highest BCUT2D eigenvalue weighted by molar-refractivity contribution is 8.00. The highest BCUT2D eigenvalue weighted by Crippen LogP contribution is 2.36. The minimum Gasteiger partial charge on any atom is -0.331 e. The van der Waals surface area contributed by atoms with Gasteiger partial charge >= 0.3 is 0 Å². The van der Waals surface area contributed by atoms with Gasteiger partial charge < -0.3 is 5.32 Å². The molecule has 0 aliphatic carbocycles. The van der Waals surface area contributed by atoms with Crippen LogP contribution >= 0.6 is 24.0 Å². The number of hydrogen-bond acceptors (Lipinski definition) is 3. The monoisotopic (exact) mass is 343 g/mol. The van der Waals surface area contributed by atoms with Crippen LogP contribution in [0, 0.1) is 6.92 Å². The van der Waals surface area contributed by atoms with Crippen molar-refractivity contribution in [3.63, 3.8) is 0 Å². The van der Waals surface area contributed by atoms with E-state index in [0.717, 1.165) is 11.3 Å². The van der Waals surface area contributed by atoms with E-state index in [1.807, 2.05) is 61.5 Å². The van der Waals surface area contributed by atoms with Gasteiger partial charge in [-0.3, -0.25) is 10.2 Å². The highest BCUT2D eigenvalue weighted by Gasteiger charge is 2.33. The summed E-state index contributed by atoms with van der Waals surface area (Å²) in [5, 5.41) is 5.05. The predicted molar refractivity (Wildman–Crippen MR) is 99.0 cm³/mol. The molecule has 3 rings (SSSR count). The lowest BCUT2D eigenvalue weighted by Gasteiger charge is -2.26. The first-order valence-corrected chi connectivity index (χ1v) is 8.72. The van der Waals surface area contributed by atoms with Crippen LogP contribution in [-0.4, -0.2) is 21.8 Å². The van der Waals surface area contributed by atoms with Crippen molar-refractivity contribution < 1.29 is 4.79 Å². The van der Waals surface area contributed by atoms with Crippen LogP contribution in [-0.2, 0) is 4.79 Å². The molecule has 2 aromatic carbocycles. The summed E-state index contributed by atoms with van der Waals surface area (Å²) in [5.74, 6) is 0.469. The van der Waals surface area contributed by atoms with Gasteiger partial charge in [0, 0.05) is 5.69 Å². The zero-order valence-electron chi connectivity index (χ0n) is 12.7. The maximum atomic E-state index is 12.1. The summed E-state index contributed by atoms with van der Waals surface area (Å²) >= 11 is 6.92. The molecule has 0 saturated carbocycles. The fourth-order valence-electron chi connectivity index (χ4n) is 2.31. The molecule has 1 saturated heterocycles. The number of thioether (sulfide) groups is 1. The first kappa shape index (κ1) is 15.8. The Balaban J connectivity index is 1.68. The number of rotatable bonds is 3. The smallest absolute Gasteiger partial charge is 0.252 e. The van der Waals surface area contributed by atoms with Crippen LogP contribution in [0.5, 0.6) is 0 Å². The molecule has 4 nitrogen and oxygen atoms in total. The highest BCUT2D eigenvalue weighted by atomic mass is 32.2. The molecule has 0 bridgehead atoms. The summed E-state index contributed by atoms with van der Waals surface area (Å²) in [5.41, 5.74) is 6.18. The quantitative estimate of drug-likeness (QED) is 0.836. The molecule has 1 aliphatic heterocycles. The number of carbonyl (C=O) groups excluding carboxylic acids is 1. The molecule has 0 aromatic heterocycles. The zero-order valence-corrected chi connectivity index (χ0v) is 14.3. The third-order valence-electron chi connectivity index (χ3n) is 3.48. The Hall–Kier alpha value is -2.05. The Morgan fingerprint density at radius 3 is 2.57 bits per heavy atom.